The van der Waals surface area contributed by atoms with Crippen LogP contribution in [0.25, 0.3) is 17.0 Å². The van der Waals surface area contributed by atoms with Crippen LogP contribution in [-0.2, 0) is 11.3 Å². The van der Waals surface area contributed by atoms with Gasteiger partial charge < -0.3 is 9.30 Å². The van der Waals surface area contributed by atoms with Crippen molar-refractivity contribution in [3.05, 3.63) is 77.0 Å². The van der Waals surface area contributed by atoms with E-state index in [4.69, 9.17) is 4.74 Å². The summed E-state index contributed by atoms with van der Waals surface area (Å²) in [6.07, 6.45) is 4.00. The Morgan fingerprint density at radius 3 is 2.32 bits per heavy atom. The minimum absolute atomic E-state index is 0.192. The molecule has 2 aromatic carbocycles. The smallest absolute Gasteiger partial charge is 0.197 e. The van der Waals surface area contributed by atoms with Crippen LogP contribution in [0.15, 0.2) is 60.3 Å². The first-order valence-corrected chi connectivity index (χ1v) is 8.32. The van der Waals surface area contributed by atoms with Gasteiger partial charge in [-0.15, -0.1) is 0 Å². The lowest BCUT2D eigenvalue weighted by Crippen LogP contribution is -2.02. The van der Waals surface area contributed by atoms with Crippen molar-refractivity contribution in [2.75, 3.05) is 6.61 Å². The molecule has 0 bridgehead atoms. The quantitative estimate of drug-likeness (QED) is 0.420. The predicted molar refractivity (Wildman–Crippen MR) is 94.8 cm³/mol. The van der Waals surface area contributed by atoms with Gasteiger partial charge >= 0.3 is 0 Å². The van der Waals surface area contributed by atoms with Crippen molar-refractivity contribution in [2.24, 2.45) is 0 Å². The van der Waals surface area contributed by atoms with Crippen molar-refractivity contribution in [1.82, 2.24) is 4.57 Å². The highest BCUT2D eigenvalue weighted by Gasteiger charge is 2.33. The summed E-state index contributed by atoms with van der Waals surface area (Å²) in [7, 11) is 0. The molecular weight excluding hydrogens is 314 g/mol. The number of hydrogen-bond acceptors (Lipinski definition) is 3. The number of carbonyl (C=O) groups excluding carboxylic acids is 2. The Morgan fingerprint density at radius 1 is 1.00 bits per heavy atom. The number of ether oxygens (including phenoxy) is 1. The van der Waals surface area contributed by atoms with Gasteiger partial charge in [-0.1, -0.05) is 42.5 Å². The molecular formula is C21H15NO3. The van der Waals surface area contributed by atoms with E-state index in [0.717, 1.165) is 29.6 Å². The lowest BCUT2D eigenvalue weighted by molar-refractivity contribution is 0.0990. The Balaban J connectivity index is 1.64. The molecule has 0 N–H and O–H groups in total. The molecule has 1 fully saturated rings. The highest BCUT2D eigenvalue weighted by molar-refractivity contribution is 6.41. The zero-order chi connectivity index (χ0) is 17.0. The molecule has 1 atom stereocenters. The van der Waals surface area contributed by atoms with Crippen LogP contribution in [-0.4, -0.2) is 28.8 Å². The Kier molecular flexibility index (Phi) is 3.02. The number of carbonyl (C=O) groups is 2. The van der Waals surface area contributed by atoms with E-state index in [1.807, 2.05) is 30.5 Å². The normalized spacial score (nSPS) is 18.7. The molecule has 0 saturated carbocycles. The summed E-state index contributed by atoms with van der Waals surface area (Å²) >= 11 is 0. The van der Waals surface area contributed by atoms with Crippen LogP contribution in [0.5, 0.6) is 0 Å². The van der Waals surface area contributed by atoms with Gasteiger partial charge in [-0.05, 0) is 12.1 Å². The number of benzene rings is 2. The highest BCUT2D eigenvalue weighted by Crippen LogP contribution is 2.31. The van der Waals surface area contributed by atoms with E-state index >= 15 is 0 Å². The summed E-state index contributed by atoms with van der Waals surface area (Å²) in [5.74, 6) is -0.383. The van der Waals surface area contributed by atoms with Gasteiger partial charge in [-0.2, -0.15) is 0 Å². The van der Waals surface area contributed by atoms with Crippen molar-refractivity contribution < 1.29 is 14.3 Å². The molecule has 25 heavy (non-hydrogen) atoms. The van der Waals surface area contributed by atoms with Crippen molar-refractivity contribution in [2.45, 2.75) is 12.6 Å². The van der Waals surface area contributed by atoms with E-state index in [0.29, 0.717) is 11.1 Å². The number of fused-ring (bicyclic) bond motifs is 2. The lowest BCUT2D eigenvalue weighted by Gasteiger charge is -2.00. The van der Waals surface area contributed by atoms with Crippen LogP contribution in [0.1, 0.15) is 26.3 Å². The molecule has 0 radical (unpaired) electrons. The summed E-state index contributed by atoms with van der Waals surface area (Å²) in [6.45, 7) is 1.57. The Morgan fingerprint density at radius 2 is 1.64 bits per heavy atom. The monoisotopic (exact) mass is 329 g/mol. The number of Topliss-reactive ketones (excluding diaryl/α,β-unsaturated/α-hetero) is 2. The lowest BCUT2D eigenvalue weighted by atomic mass is 10.1. The average Bonchev–Trinajstić information content (AvgIpc) is 3.35. The summed E-state index contributed by atoms with van der Waals surface area (Å²) in [4.78, 5) is 25.3. The maximum absolute atomic E-state index is 12.6. The van der Waals surface area contributed by atoms with Crippen molar-refractivity contribution >= 4 is 28.5 Å². The zero-order valence-electron chi connectivity index (χ0n) is 13.4. The average molecular weight is 329 g/mol. The van der Waals surface area contributed by atoms with Crippen LogP contribution in [0.4, 0.5) is 0 Å². The third-order valence-electron chi connectivity index (χ3n) is 4.83. The van der Waals surface area contributed by atoms with Crippen LogP contribution < -0.4 is 0 Å². The van der Waals surface area contributed by atoms with Gasteiger partial charge in [0.1, 0.15) is 0 Å². The minimum atomic E-state index is -0.192. The van der Waals surface area contributed by atoms with Gasteiger partial charge in [0.15, 0.2) is 11.6 Å². The third-order valence-corrected chi connectivity index (χ3v) is 4.83. The fourth-order valence-corrected chi connectivity index (χ4v) is 3.49. The van der Waals surface area contributed by atoms with E-state index in [1.165, 1.54) is 0 Å². The molecule has 2 heterocycles. The fourth-order valence-electron chi connectivity index (χ4n) is 3.49. The molecule has 2 aliphatic rings. The molecule has 4 nitrogen and oxygen atoms in total. The molecule has 1 aliphatic carbocycles. The molecule has 122 valence electrons. The number of aromatic nitrogens is 1. The van der Waals surface area contributed by atoms with Crippen molar-refractivity contribution in [3.8, 4) is 0 Å². The van der Waals surface area contributed by atoms with Crippen molar-refractivity contribution in [1.29, 1.82) is 0 Å². The van der Waals surface area contributed by atoms with Crippen LogP contribution in [0.2, 0.25) is 0 Å². The molecule has 1 aromatic heterocycles. The number of epoxide rings is 1. The van der Waals surface area contributed by atoms with Gasteiger partial charge in [0.05, 0.1) is 24.8 Å². The molecule has 0 amide bonds. The zero-order valence-corrected chi connectivity index (χ0v) is 13.4. The maximum Gasteiger partial charge on any atom is 0.197 e. The number of allylic oxidation sites excluding steroid dienone is 1. The Hall–Kier alpha value is -2.98. The Labute approximate surface area is 144 Å². The second-order valence-corrected chi connectivity index (χ2v) is 6.47. The third kappa shape index (κ3) is 2.26. The van der Waals surface area contributed by atoms with Crippen LogP contribution in [0.3, 0.4) is 0 Å². The van der Waals surface area contributed by atoms with E-state index in [-0.39, 0.29) is 23.2 Å². The minimum Gasteiger partial charge on any atom is -0.371 e. The number of para-hydroxylation sites is 1. The molecule has 4 heteroatoms. The van der Waals surface area contributed by atoms with E-state index in [9.17, 15) is 9.59 Å². The molecule has 5 rings (SSSR count). The first-order valence-electron chi connectivity index (χ1n) is 8.32. The fraction of sp³-hybridized carbons (Fsp3) is 0.143. The van der Waals surface area contributed by atoms with E-state index in [2.05, 4.69) is 4.57 Å². The van der Waals surface area contributed by atoms with Crippen molar-refractivity contribution in [3.63, 3.8) is 0 Å². The topological polar surface area (TPSA) is 51.6 Å². The summed E-state index contributed by atoms with van der Waals surface area (Å²) in [5.41, 5.74) is 3.20. The largest absolute Gasteiger partial charge is 0.371 e. The molecule has 0 spiro atoms. The van der Waals surface area contributed by atoms with Crippen LogP contribution in [0, 0.1) is 0 Å². The second-order valence-electron chi connectivity index (χ2n) is 6.47. The maximum atomic E-state index is 12.6. The predicted octanol–water partition coefficient (Wildman–Crippen LogP) is 3.50. The van der Waals surface area contributed by atoms with Gasteiger partial charge in [0.2, 0.25) is 0 Å². The van der Waals surface area contributed by atoms with Gasteiger partial charge in [-0.25, -0.2) is 0 Å². The molecule has 1 saturated heterocycles. The van der Waals surface area contributed by atoms with Gasteiger partial charge in [0, 0.05) is 33.8 Å². The number of ketones is 2. The number of nitrogens with zero attached hydrogens (tertiary/aromatic N) is 1. The SMILES string of the molecule is O=C1C(=Cc2cn(C[C@H]3CO3)c3ccccc23)C(=O)c2ccccc21. The summed E-state index contributed by atoms with van der Waals surface area (Å²) in [6, 6.07) is 15.0. The van der Waals surface area contributed by atoms with E-state index < -0.39 is 0 Å². The summed E-state index contributed by atoms with van der Waals surface area (Å²) in [5, 5.41) is 1.03. The number of rotatable bonds is 3. The van der Waals surface area contributed by atoms with Gasteiger partial charge in [0.25, 0.3) is 0 Å². The standard InChI is InChI=1S/C21H15NO3/c23-20-16-6-1-2-7-17(16)21(24)18(20)9-13-10-22(11-14-12-25-14)19-8-4-3-5-15(13)19/h1-10,14H,11-12H2/t14-/m0/s1. The summed E-state index contributed by atoms with van der Waals surface area (Å²) < 4.78 is 7.47. The first kappa shape index (κ1) is 14.4. The van der Waals surface area contributed by atoms with E-state index in [1.54, 1.807) is 30.3 Å². The highest BCUT2D eigenvalue weighted by atomic mass is 16.6. The first-order chi connectivity index (χ1) is 12.2. The molecule has 3 aromatic rings. The number of hydrogen-bond donors (Lipinski definition) is 0. The van der Waals surface area contributed by atoms with Crippen LogP contribution >= 0.6 is 0 Å². The molecule has 0 unspecified atom stereocenters. The molecule has 1 aliphatic heterocycles. The second kappa shape index (κ2) is 5.26. The van der Waals surface area contributed by atoms with Gasteiger partial charge in [-0.3, -0.25) is 9.59 Å². The Bertz CT molecular complexity index is 1030.